The summed E-state index contributed by atoms with van der Waals surface area (Å²) in [5, 5.41) is 0.760. The van der Waals surface area contributed by atoms with Crippen LogP contribution in [0, 0.1) is 6.92 Å². The van der Waals surface area contributed by atoms with Gasteiger partial charge < -0.3 is 9.15 Å². The normalized spacial score (nSPS) is 15.0. The van der Waals surface area contributed by atoms with Crippen molar-refractivity contribution in [2.24, 2.45) is 0 Å². The predicted molar refractivity (Wildman–Crippen MR) is 137 cm³/mol. The van der Waals surface area contributed by atoms with Crippen molar-refractivity contribution in [1.29, 1.82) is 0 Å². The first kappa shape index (κ1) is 23.1. The lowest BCUT2D eigenvalue weighted by Crippen LogP contribution is -2.30. The van der Waals surface area contributed by atoms with E-state index >= 15 is 0 Å². The first-order valence-electron chi connectivity index (χ1n) is 11.7. The zero-order valence-electron chi connectivity index (χ0n) is 19.6. The van der Waals surface area contributed by atoms with E-state index in [2.05, 4.69) is 11.9 Å². The van der Waals surface area contributed by atoms with Gasteiger partial charge in [-0.15, -0.1) is 0 Å². The molecule has 0 aliphatic carbocycles. The summed E-state index contributed by atoms with van der Waals surface area (Å²) >= 11 is 6.16. The number of hydrogen-bond donors (Lipinski definition) is 0. The van der Waals surface area contributed by atoms with Crippen molar-refractivity contribution in [3.8, 4) is 5.75 Å². The first-order chi connectivity index (χ1) is 17.0. The molecule has 0 saturated heterocycles. The number of aromatic nitrogens is 1. The summed E-state index contributed by atoms with van der Waals surface area (Å²) in [4.78, 5) is 33.3. The van der Waals surface area contributed by atoms with Crippen LogP contribution in [0.5, 0.6) is 5.75 Å². The Bertz CT molecular complexity index is 1450. The van der Waals surface area contributed by atoms with Gasteiger partial charge in [0.05, 0.1) is 23.6 Å². The molecule has 1 unspecified atom stereocenters. The lowest BCUT2D eigenvalue weighted by atomic mass is 9.98. The molecule has 1 aliphatic rings. The number of nitrogens with zero attached hydrogens (tertiary/aromatic N) is 2. The molecule has 2 aromatic heterocycles. The van der Waals surface area contributed by atoms with Gasteiger partial charge in [-0.1, -0.05) is 49.6 Å². The lowest BCUT2D eigenvalue weighted by molar-refractivity contribution is 0.0970. The van der Waals surface area contributed by atoms with E-state index in [9.17, 15) is 9.59 Å². The van der Waals surface area contributed by atoms with E-state index in [1.165, 1.54) is 4.90 Å². The molecule has 0 N–H and O–H groups in total. The second-order valence-electron chi connectivity index (χ2n) is 8.71. The summed E-state index contributed by atoms with van der Waals surface area (Å²) in [7, 11) is 0. The second-order valence-corrected chi connectivity index (χ2v) is 9.15. The molecule has 1 aliphatic heterocycles. The van der Waals surface area contributed by atoms with Crippen LogP contribution in [-0.4, -0.2) is 17.5 Å². The highest BCUT2D eigenvalue weighted by Gasteiger charge is 2.44. The maximum absolute atomic E-state index is 13.7. The van der Waals surface area contributed by atoms with Crippen LogP contribution in [0.1, 0.15) is 59.5 Å². The molecule has 4 aromatic rings. The molecular formula is C28H25ClN2O4. The summed E-state index contributed by atoms with van der Waals surface area (Å²) in [6, 6.07) is 15.3. The number of hydrogen-bond acceptors (Lipinski definition) is 5. The molecular weight excluding hydrogens is 464 g/mol. The summed E-state index contributed by atoms with van der Waals surface area (Å²) in [6.45, 7) is 4.72. The topological polar surface area (TPSA) is 72.6 Å². The van der Waals surface area contributed by atoms with E-state index < -0.39 is 11.9 Å². The summed E-state index contributed by atoms with van der Waals surface area (Å²) in [6.07, 6.45) is 4.93. The Morgan fingerprint density at radius 3 is 2.57 bits per heavy atom. The van der Waals surface area contributed by atoms with E-state index in [4.69, 9.17) is 20.8 Å². The maximum Gasteiger partial charge on any atom is 0.296 e. The Labute approximate surface area is 208 Å². The van der Waals surface area contributed by atoms with Gasteiger partial charge in [-0.2, -0.15) is 0 Å². The Balaban J connectivity index is 1.62. The Morgan fingerprint density at radius 2 is 1.86 bits per heavy atom. The van der Waals surface area contributed by atoms with Crippen LogP contribution in [0.25, 0.3) is 11.0 Å². The van der Waals surface area contributed by atoms with Gasteiger partial charge in [0.1, 0.15) is 17.2 Å². The van der Waals surface area contributed by atoms with Crippen LogP contribution in [0.15, 0.2) is 70.0 Å². The number of ether oxygens (including phenoxy) is 1. The molecule has 6 nitrogen and oxygen atoms in total. The van der Waals surface area contributed by atoms with E-state index in [-0.39, 0.29) is 16.8 Å². The van der Waals surface area contributed by atoms with E-state index in [0.717, 1.165) is 36.1 Å². The highest BCUT2D eigenvalue weighted by atomic mass is 35.5. The molecule has 2 aromatic carbocycles. The fraction of sp³-hybridized carbons (Fsp3) is 0.250. The minimum atomic E-state index is -0.693. The fourth-order valence-electron chi connectivity index (χ4n) is 4.39. The van der Waals surface area contributed by atoms with Gasteiger partial charge in [0.25, 0.3) is 5.91 Å². The molecule has 35 heavy (non-hydrogen) atoms. The van der Waals surface area contributed by atoms with Gasteiger partial charge in [0.2, 0.25) is 5.76 Å². The van der Waals surface area contributed by atoms with Crippen LogP contribution < -0.4 is 15.1 Å². The SMILES string of the molecule is CCCCCOc1ccc(C2c3c(oc4ccc(Cl)cc4c3=O)C(=O)N2c2ccc(C)cn2)cc1. The third-order valence-electron chi connectivity index (χ3n) is 6.19. The van der Waals surface area contributed by atoms with Crippen LogP contribution in [0.4, 0.5) is 5.82 Å². The fourth-order valence-corrected chi connectivity index (χ4v) is 4.56. The summed E-state index contributed by atoms with van der Waals surface area (Å²) < 4.78 is 11.8. The zero-order chi connectivity index (χ0) is 24.5. The number of halogens is 1. The average molecular weight is 489 g/mol. The number of benzene rings is 2. The van der Waals surface area contributed by atoms with E-state index in [1.54, 1.807) is 30.5 Å². The largest absolute Gasteiger partial charge is 0.494 e. The number of aryl methyl sites for hydroxylation is 1. The first-order valence-corrected chi connectivity index (χ1v) is 12.1. The number of carbonyl (C=O) groups excluding carboxylic acids is 1. The zero-order valence-corrected chi connectivity index (χ0v) is 20.3. The van der Waals surface area contributed by atoms with Crippen molar-refractivity contribution < 1.29 is 13.9 Å². The van der Waals surface area contributed by atoms with Gasteiger partial charge in [-0.3, -0.25) is 14.5 Å². The molecule has 0 spiro atoms. The summed E-state index contributed by atoms with van der Waals surface area (Å²) in [5.74, 6) is 0.803. The number of fused-ring (bicyclic) bond motifs is 2. The standard InChI is InChI=1S/C28H25ClN2O4/c1-3-4-5-14-34-20-10-7-18(8-11-20)25-24-26(32)21-15-19(29)9-12-22(21)35-27(24)28(33)31(25)23-13-6-17(2)16-30-23/h6-13,15-16,25H,3-5,14H2,1-2H3. The lowest BCUT2D eigenvalue weighted by Gasteiger charge is -2.24. The number of rotatable bonds is 7. The number of unbranched alkanes of at least 4 members (excludes halogenated alkanes) is 2. The van der Waals surface area contributed by atoms with Crippen molar-refractivity contribution in [2.75, 3.05) is 11.5 Å². The van der Waals surface area contributed by atoms with Gasteiger partial charge in [-0.05, 0) is 60.9 Å². The molecule has 178 valence electrons. The predicted octanol–water partition coefficient (Wildman–Crippen LogP) is 6.47. The minimum absolute atomic E-state index is 0.0251. The Hall–Kier alpha value is -3.64. The van der Waals surface area contributed by atoms with Crippen LogP contribution >= 0.6 is 11.6 Å². The molecule has 0 fully saturated rings. The van der Waals surface area contributed by atoms with Crippen molar-refractivity contribution in [3.63, 3.8) is 0 Å². The van der Waals surface area contributed by atoms with Crippen LogP contribution in [0.2, 0.25) is 5.02 Å². The molecule has 0 saturated carbocycles. The highest BCUT2D eigenvalue weighted by Crippen LogP contribution is 2.41. The third kappa shape index (κ3) is 4.30. The molecule has 1 amide bonds. The van der Waals surface area contributed by atoms with Crippen molar-refractivity contribution in [2.45, 2.75) is 39.2 Å². The molecule has 0 bridgehead atoms. The van der Waals surface area contributed by atoms with Crippen LogP contribution in [0.3, 0.4) is 0 Å². The average Bonchev–Trinajstić information content (AvgIpc) is 3.16. The third-order valence-corrected chi connectivity index (χ3v) is 6.42. The quantitative estimate of drug-likeness (QED) is 0.279. The molecule has 7 heteroatoms. The van der Waals surface area contributed by atoms with E-state index in [0.29, 0.717) is 28.4 Å². The molecule has 5 rings (SSSR count). The number of anilines is 1. The van der Waals surface area contributed by atoms with Crippen molar-refractivity contribution >= 4 is 34.3 Å². The van der Waals surface area contributed by atoms with Crippen molar-refractivity contribution in [3.05, 3.63) is 98.5 Å². The molecule has 3 heterocycles. The number of pyridine rings is 1. The Morgan fingerprint density at radius 1 is 1.06 bits per heavy atom. The number of carbonyl (C=O) groups is 1. The molecule has 1 atom stereocenters. The molecule has 0 radical (unpaired) electrons. The van der Waals surface area contributed by atoms with Gasteiger partial charge in [0.15, 0.2) is 5.43 Å². The van der Waals surface area contributed by atoms with Gasteiger partial charge in [-0.25, -0.2) is 4.98 Å². The van der Waals surface area contributed by atoms with Crippen molar-refractivity contribution in [1.82, 2.24) is 4.98 Å². The second kappa shape index (κ2) is 9.55. The Kier molecular flexibility index (Phi) is 6.31. The minimum Gasteiger partial charge on any atom is -0.494 e. The summed E-state index contributed by atoms with van der Waals surface area (Å²) in [5.41, 5.74) is 2.04. The van der Waals surface area contributed by atoms with E-state index in [1.807, 2.05) is 37.3 Å². The number of amides is 1. The smallest absolute Gasteiger partial charge is 0.296 e. The van der Waals surface area contributed by atoms with Gasteiger partial charge >= 0.3 is 0 Å². The highest BCUT2D eigenvalue weighted by molar-refractivity contribution is 6.31. The van der Waals surface area contributed by atoms with Gasteiger partial charge in [0, 0.05) is 11.2 Å². The van der Waals surface area contributed by atoms with Crippen LogP contribution in [-0.2, 0) is 0 Å². The maximum atomic E-state index is 13.7. The monoisotopic (exact) mass is 488 g/mol.